The minimum absolute atomic E-state index is 0.173. The lowest BCUT2D eigenvalue weighted by Crippen LogP contribution is -2.25. The molecule has 124 valence electrons. The monoisotopic (exact) mass is 327 g/mol. The number of nitrogens with zero attached hydrogens (tertiary/aromatic N) is 2. The number of hydrogen-bond acceptors (Lipinski definition) is 3. The van der Waals surface area contributed by atoms with Gasteiger partial charge in [-0.05, 0) is 50.2 Å². The summed E-state index contributed by atoms with van der Waals surface area (Å²) in [5, 5.41) is 6.77. The van der Waals surface area contributed by atoms with Gasteiger partial charge in [-0.2, -0.15) is 0 Å². The van der Waals surface area contributed by atoms with Crippen molar-refractivity contribution in [1.29, 1.82) is 0 Å². The molecule has 0 atom stereocenters. The van der Waals surface area contributed by atoms with E-state index in [-0.39, 0.29) is 24.3 Å². The van der Waals surface area contributed by atoms with E-state index in [9.17, 15) is 9.18 Å². The Hall–Kier alpha value is -2.89. The van der Waals surface area contributed by atoms with Crippen molar-refractivity contribution in [2.45, 2.75) is 26.4 Å². The maximum Gasteiger partial charge on any atom is 0.268 e. The molecule has 0 aliphatic heterocycles. The van der Waals surface area contributed by atoms with Gasteiger partial charge < -0.3 is 14.4 Å². The number of halogens is 1. The summed E-state index contributed by atoms with van der Waals surface area (Å²) in [7, 11) is 0. The molecule has 2 aromatic heterocycles. The lowest BCUT2D eigenvalue weighted by Gasteiger charge is -2.12. The molecule has 0 fully saturated rings. The van der Waals surface area contributed by atoms with E-state index in [1.807, 2.05) is 30.7 Å². The van der Waals surface area contributed by atoms with Crippen molar-refractivity contribution >= 4 is 5.91 Å². The predicted molar refractivity (Wildman–Crippen MR) is 87.9 cm³/mol. The van der Waals surface area contributed by atoms with Crippen LogP contribution >= 0.6 is 0 Å². The van der Waals surface area contributed by atoms with Crippen LogP contribution in [-0.4, -0.2) is 15.6 Å². The number of aromatic nitrogens is 2. The van der Waals surface area contributed by atoms with Gasteiger partial charge in [-0.25, -0.2) is 4.39 Å². The molecular weight excluding hydrogens is 309 g/mol. The maximum atomic E-state index is 12.9. The fourth-order valence-electron chi connectivity index (χ4n) is 2.45. The van der Waals surface area contributed by atoms with Crippen molar-refractivity contribution in [1.82, 2.24) is 15.0 Å². The van der Waals surface area contributed by atoms with Gasteiger partial charge in [-0.15, -0.1) is 0 Å². The van der Waals surface area contributed by atoms with Crippen LogP contribution in [0.25, 0.3) is 11.3 Å². The van der Waals surface area contributed by atoms with Crippen molar-refractivity contribution in [3.05, 3.63) is 65.9 Å². The first-order chi connectivity index (χ1) is 11.5. The van der Waals surface area contributed by atoms with Gasteiger partial charge >= 0.3 is 0 Å². The number of carbonyl (C=O) groups excluding carboxylic acids is 1. The van der Waals surface area contributed by atoms with Crippen LogP contribution in [0.1, 0.15) is 36.1 Å². The van der Waals surface area contributed by atoms with Crippen LogP contribution in [0.4, 0.5) is 4.39 Å². The largest absolute Gasteiger partial charge is 0.359 e. The molecule has 0 saturated heterocycles. The first-order valence-electron chi connectivity index (χ1n) is 7.71. The number of carbonyl (C=O) groups is 1. The molecule has 0 saturated carbocycles. The zero-order chi connectivity index (χ0) is 17.1. The summed E-state index contributed by atoms with van der Waals surface area (Å²) in [6.45, 7) is 4.26. The number of rotatable bonds is 5. The summed E-state index contributed by atoms with van der Waals surface area (Å²) in [6, 6.07) is 11.5. The summed E-state index contributed by atoms with van der Waals surface area (Å²) in [5.41, 5.74) is 1.96. The van der Waals surface area contributed by atoms with E-state index in [2.05, 4.69) is 10.5 Å². The zero-order valence-electron chi connectivity index (χ0n) is 13.5. The van der Waals surface area contributed by atoms with E-state index < -0.39 is 0 Å². The average Bonchev–Trinajstić information content (AvgIpc) is 3.22. The zero-order valence-corrected chi connectivity index (χ0v) is 13.5. The molecule has 0 radical (unpaired) electrons. The Morgan fingerprint density at radius 1 is 1.29 bits per heavy atom. The second-order valence-electron chi connectivity index (χ2n) is 5.76. The molecule has 1 N–H and O–H groups in total. The van der Waals surface area contributed by atoms with E-state index in [0.29, 0.717) is 17.1 Å². The molecule has 1 aromatic carbocycles. The van der Waals surface area contributed by atoms with Crippen molar-refractivity contribution in [2.24, 2.45) is 0 Å². The lowest BCUT2D eigenvalue weighted by atomic mass is 10.1. The van der Waals surface area contributed by atoms with Gasteiger partial charge in [0.1, 0.15) is 17.2 Å². The molecule has 5 nitrogen and oxygen atoms in total. The summed E-state index contributed by atoms with van der Waals surface area (Å²) < 4.78 is 20.1. The molecule has 0 aliphatic carbocycles. The minimum Gasteiger partial charge on any atom is -0.359 e. The van der Waals surface area contributed by atoms with E-state index >= 15 is 0 Å². The Kier molecular flexibility index (Phi) is 4.46. The third-order valence-corrected chi connectivity index (χ3v) is 3.69. The van der Waals surface area contributed by atoms with Gasteiger partial charge in [-0.1, -0.05) is 5.16 Å². The van der Waals surface area contributed by atoms with E-state index in [0.717, 1.165) is 5.56 Å². The van der Waals surface area contributed by atoms with Crippen LogP contribution in [-0.2, 0) is 6.54 Å². The Bertz CT molecular complexity index is 834. The quantitative estimate of drug-likeness (QED) is 0.775. The molecule has 3 aromatic rings. The smallest absolute Gasteiger partial charge is 0.268 e. The van der Waals surface area contributed by atoms with Gasteiger partial charge in [0.25, 0.3) is 5.91 Å². The SMILES string of the molecule is CC(C)n1cccc1C(=O)NCc1cc(-c2ccc(F)cc2)no1. The highest BCUT2D eigenvalue weighted by Gasteiger charge is 2.14. The molecule has 0 aliphatic rings. The summed E-state index contributed by atoms with van der Waals surface area (Å²) in [4.78, 5) is 12.3. The molecule has 3 rings (SSSR count). The standard InChI is InChI=1S/C18H18FN3O2/c1-12(2)22-9-3-4-17(22)18(23)20-11-15-10-16(21-24-15)13-5-7-14(19)8-6-13/h3-10,12H,11H2,1-2H3,(H,20,23). The van der Waals surface area contributed by atoms with E-state index in [4.69, 9.17) is 4.52 Å². The Labute approximate surface area is 139 Å². The summed E-state index contributed by atoms with van der Waals surface area (Å²) >= 11 is 0. The van der Waals surface area contributed by atoms with Crippen molar-refractivity contribution < 1.29 is 13.7 Å². The number of amides is 1. The van der Waals surface area contributed by atoms with Crippen LogP contribution in [0.5, 0.6) is 0 Å². The van der Waals surface area contributed by atoms with Crippen LogP contribution in [0, 0.1) is 5.82 Å². The Balaban J connectivity index is 1.66. The third kappa shape index (κ3) is 3.37. The van der Waals surface area contributed by atoms with Gasteiger partial charge in [0.15, 0.2) is 5.76 Å². The average molecular weight is 327 g/mol. The number of nitrogens with one attached hydrogen (secondary N) is 1. The molecule has 0 spiro atoms. The highest BCUT2D eigenvalue weighted by atomic mass is 19.1. The normalized spacial score (nSPS) is 11.0. The molecule has 6 heteroatoms. The van der Waals surface area contributed by atoms with Crippen LogP contribution in [0.3, 0.4) is 0 Å². The van der Waals surface area contributed by atoms with Crippen molar-refractivity contribution in [3.8, 4) is 11.3 Å². The van der Waals surface area contributed by atoms with Crippen LogP contribution in [0.2, 0.25) is 0 Å². The first-order valence-corrected chi connectivity index (χ1v) is 7.71. The summed E-state index contributed by atoms with van der Waals surface area (Å²) in [6.07, 6.45) is 1.88. The summed E-state index contributed by atoms with van der Waals surface area (Å²) in [5.74, 6) is 0.0571. The van der Waals surface area contributed by atoms with Crippen molar-refractivity contribution in [3.63, 3.8) is 0 Å². The number of benzene rings is 1. The Morgan fingerprint density at radius 3 is 2.75 bits per heavy atom. The highest BCUT2D eigenvalue weighted by Crippen LogP contribution is 2.19. The fourth-order valence-corrected chi connectivity index (χ4v) is 2.45. The lowest BCUT2D eigenvalue weighted by molar-refractivity contribution is 0.0936. The van der Waals surface area contributed by atoms with Crippen LogP contribution < -0.4 is 5.32 Å². The van der Waals surface area contributed by atoms with Gasteiger partial charge in [0.2, 0.25) is 0 Å². The minimum atomic E-state index is -0.303. The second-order valence-corrected chi connectivity index (χ2v) is 5.76. The van der Waals surface area contributed by atoms with Gasteiger partial charge in [0, 0.05) is 23.9 Å². The second kappa shape index (κ2) is 6.70. The highest BCUT2D eigenvalue weighted by molar-refractivity contribution is 5.92. The number of hydrogen-bond donors (Lipinski definition) is 1. The molecule has 2 heterocycles. The molecule has 1 amide bonds. The maximum absolute atomic E-state index is 12.9. The molecular formula is C18H18FN3O2. The third-order valence-electron chi connectivity index (χ3n) is 3.69. The predicted octanol–water partition coefficient (Wildman–Crippen LogP) is 3.79. The molecule has 24 heavy (non-hydrogen) atoms. The van der Waals surface area contributed by atoms with Crippen LogP contribution in [0.15, 0.2) is 53.2 Å². The molecule has 0 bridgehead atoms. The van der Waals surface area contributed by atoms with E-state index in [1.165, 1.54) is 12.1 Å². The first kappa shape index (κ1) is 16.0. The van der Waals surface area contributed by atoms with E-state index in [1.54, 1.807) is 24.3 Å². The topological polar surface area (TPSA) is 60.1 Å². The van der Waals surface area contributed by atoms with Gasteiger partial charge in [-0.3, -0.25) is 4.79 Å². The Morgan fingerprint density at radius 2 is 2.04 bits per heavy atom. The molecule has 0 unspecified atom stereocenters. The van der Waals surface area contributed by atoms with Gasteiger partial charge in [0.05, 0.1) is 6.54 Å². The fraction of sp³-hybridized carbons (Fsp3) is 0.222. The van der Waals surface area contributed by atoms with Crippen molar-refractivity contribution in [2.75, 3.05) is 0 Å².